The molecule has 2 atom stereocenters. The molecule has 0 aliphatic heterocycles. The zero-order valence-corrected chi connectivity index (χ0v) is 12.7. The zero-order valence-electron chi connectivity index (χ0n) is 10.6. The van der Waals surface area contributed by atoms with E-state index in [2.05, 4.69) is 27.9 Å². The second-order valence-corrected chi connectivity index (χ2v) is 6.02. The van der Waals surface area contributed by atoms with Gasteiger partial charge < -0.3 is 11.1 Å². The van der Waals surface area contributed by atoms with Crippen molar-refractivity contribution in [2.24, 2.45) is 11.7 Å². The van der Waals surface area contributed by atoms with Gasteiger partial charge in [0.05, 0.1) is 5.56 Å². The first kappa shape index (κ1) is 13.8. The molecule has 0 bridgehead atoms. The Morgan fingerprint density at radius 2 is 2.28 bits per heavy atom. The van der Waals surface area contributed by atoms with Gasteiger partial charge >= 0.3 is 0 Å². The summed E-state index contributed by atoms with van der Waals surface area (Å²) < 4.78 is 1.04. The highest BCUT2D eigenvalue weighted by Crippen LogP contribution is 2.25. The first-order chi connectivity index (χ1) is 8.63. The second-order valence-electron chi connectivity index (χ2n) is 4.94. The topological polar surface area (TPSA) is 55.1 Å². The lowest BCUT2D eigenvalue weighted by Gasteiger charge is -2.20. The van der Waals surface area contributed by atoms with Crippen LogP contribution in [0.4, 0.5) is 0 Å². The number of aryl methyl sites for hydroxylation is 1. The maximum absolute atomic E-state index is 12.3. The number of halogens is 1. The van der Waals surface area contributed by atoms with Gasteiger partial charge in [0.15, 0.2) is 0 Å². The first-order valence-corrected chi connectivity index (χ1v) is 7.47. The predicted octanol–water partition coefficient (Wildman–Crippen LogP) is 2.46. The third-order valence-electron chi connectivity index (χ3n) is 3.71. The van der Waals surface area contributed by atoms with Crippen LogP contribution in [0, 0.1) is 16.4 Å². The summed E-state index contributed by atoms with van der Waals surface area (Å²) in [7, 11) is 0. The molecule has 0 radical (unpaired) electrons. The van der Waals surface area contributed by atoms with E-state index < -0.39 is 0 Å². The lowest BCUT2D eigenvalue weighted by molar-refractivity contribution is 0.0928. The molecule has 98 valence electrons. The van der Waals surface area contributed by atoms with Gasteiger partial charge in [0, 0.05) is 9.61 Å². The Bertz CT molecular complexity index is 447. The Kier molecular flexibility index (Phi) is 4.61. The van der Waals surface area contributed by atoms with Gasteiger partial charge in [-0.2, -0.15) is 0 Å². The van der Waals surface area contributed by atoms with Crippen LogP contribution in [0.3, 0.4) is 0 Å². The zero-order chi connectivity index (χ0) is 13.1. The summed E-state index contributed by atoms with van der Waals surface area (Å²) in [5.41, 5.74) is 7.66. The summed E-state index contributed by atoms with van der Waals surface area (Å²) in [6.07, 6.45) is 3.35. The minimum absolute atomic E-state index is 0.0356. The van der Waals surface area contributed by atoms with Crippen LogP contribution < -0.4 is 11.1 Å². The van der Waals surface area contributed by atoms with Crippen molar-refractivity contribution in [3.8, 4) is 0 Å². The molecule has 4 heteroatoms. The molecular weight excluding hydrogens is 339 g/mol. The monoisotopic (exact) mass is 358 g/mol. The van der Waals surface area contributed by atoms with Crippen molar-refractivity contribution in [2.45, 2.75) is 32.2 Å². The van der Waals surface area contributed by atoms with Crippen LogP contribution in [0.25, 0.3) is 0 Å². The number of hydrogen-bond donors (Lipinski definition) is 2. The molecule has 1 aliphatic carbocycles. The van der Waals surface area contributed by atoms with E-state index >= 15 is 0 Å². The molecule has 0 aromatic heterocycles. The van der Waals surface area contributed by atoms with Gasteiger partial charge in [0.2, 0.25) is 0 Å². The SMILES string of the molecule is Cc1cccc(C(=O)NC2CCCC2CN)c1I. The highest BCUT2D eigenvalue weighted by Gasteiger charge is 2.28. The fraction of sp³-hybridized carbons (Fsp3) is 0.500. The fourth-order valence-electron chi connectivity index (χ4n) is 2.58. The lowest BCUT2D eigenvalue weighted by Crippen LogP contribution is -2.40. The summed E-state index contributed by atoms with van der Waals surface area (Å²) in [4.78, 5) is 12.3. The van der Waals surface area contributed by atoms with Crippen LogP contribution in [0.15, 0.2) is 18.2 Å². The highest BCUT2D eigenvalue weighted by molar-refractivity contribution is 14.1. The average Bonchev–Trinajstić information content (AvgIpc) is 2.79. The highest BCUT2D eigenvalue weighted by atomic mass is 127. The number of benzene rings is 1. The van der Waals surface area contributed by atoms with E-state index in [9.17, 15) is 4.79 Å². The Hall–Kier alpha value is -0.620. The van der Waals surface area contributed by atoms with E-state index in [1.807, 2.05) is 25.1 Å². The maximum Gasteiger partial charge on any atom is 0.252 e. The summed E-state index contributed by atoms with van der Waals surface area (Å²) in [5, 5.41) is 3.14. The van der Waals surface area contributed by atoms with Gasteiger partial charge in [0.25, 0.3) is 5.91 Å². The van der Waals surface area contributed by atoms with Crippen LogP contribution in [0.1, 0.15) is 35.2 Å². The molecule has 1 aromatic rings. The lowest BCUT2D eigenvalue weighted by atomic mass is 10.0. The standard InChI is InChI=1S/C14H19IN2O/c1-9-4-2-6-11(13(9)15)14(18)17-12-7-3-5-10(12)8-16/h2,4,6,10,12H,3,5,7-8,16H2,1H3,(H,17,18). The van der Waals surface area contributed by atoms with Crippen molar-refractivity contribution < 1.29 is 4.79 Å². The molecule has 2 unspecified atom stereocenters. The van der Waals surface area contributed by atoms with Gasteiger partial charge in [0.1, 0.15) is 0 Å². The minimum Gasteiger partial charge on any atom is -0.349 e. The molecular formula is C14H19IN2O. The number of carbonyl (C=O) groups excluding carboxylic acids is 1. The maximum atomic E-state index is 12.3. The summed E-state index contributed by atoms with van der Waals surface area (Å²) in [6, 6.07) is 6.09. The molecule has 0 spiro atoms. The molecule has 3 nitrogen and oxygen atoms in total. The predicted molar refractivity (Wildman–Crippen MR) is 81.5 cm³/mol. The molecule has 18 heavy (non-hydrogen) atoms. The van der Waals surface area contributed by atoms with E-state index in [1.165, 1.54) is 0 Å². The van der Waals surface area contributed by atoms with Crippen LogP contribution in [0.2, 0.25) is 0 Å². The van der Waals surface area contributed by atoms with Gasteiger partial charge in [-0.05, 0) is 66.4 Å². The largest absolute Gasteiger partial charge is 0.349 e. The summed E-state index contributed by atoms with van der Waals surface area (Å²) in [5.74, 6) is 0.477. The Balaban J connectivity index is 2.10. The quantitative estimate of drug-likeness (QED) is 0.816. The molecule has 3 N–H and O–H groups in total. The van der Waals surface area contributed by atoms with Crippen molar-refractivity contribution in [2.75, 3.05) is 6.54 Å². The number of amides is 1. The summed E-state index contributed by atoms with van der Waals surface area (Å²) >= 11 is 2.24. The summed E-state index contributed by atoms with van der Waals surface area (Å²) in [6.45, 7) is 2.69. The smallest absolute Gasteiger partial charge is 0.252 e. The minimum atomic E-state index is 0.0356. The molecule has 1 aliphatic rings. The molecule has 1 amide bonds. The molecule has 1 saturated carbocycles. The van der Waals surface area contributed by atoms with Crippen LogP contribution >= 0.6 is 22.6 Å². The number of nitrogens with two attached hydrogens (primary N) is 1. The van der Waals surface area contributed by atoms with E-state index in [1.54, 1.807) is 0 Å². The van der Waals surface area contributed by atoms with E-state index in [0.29, 0.717) is 12.5 Å². The number of carbonyl (C=O) groups is 1. The molecule has 0 saturated heterocycles. The van der Waals surface area contributed by atoms with Crippen molar-refractivity contribution in [3.63, 3.8) is 0 Å². The third kappa shape index (κ3) is 2.85. The Labute approximate surface area is 122 Å². The Morgan fingerprint density at radius 3 is 3.00 bits per heavy atom. The van der Waals surface area contributed by atoms with Crippen molar-refractivity contribution in [3.05, 3.63) is 32.9 Å². The first-order valence-electron chi connectivity index (χ1n) is 6.39. The molecule has 0 heterocycles. The third-order valence-corrected chi connectivity index (χ3v) is 5.15. The number of hydrogen-bond acceptors (Lipinski definition) is 2. The molecule has 1 aromatic carbocycles. The Morgan fingerprint density at radius 1 is 1.50 bits per heavy atom. The van der Waals surface area contributed by atoms with Gasteiger partial charge in [-0.15, -0.1) is 0 Å². The van der Waals surface area contributed by atoms with Crippen molar-refractivity contribution in [1.82, 2.24) is 5.32 Å². The second kappa shape index (κ2) is 6.02. The number of nitrogens with one attached hydrogen (secondary N) is 1. The average molecular weight is 358 g/mol. The van der Waals surface area contributed by atoms with Gasteiger partial charge in [-0.3, -0.25) is 4.79 Å². The normalized spacial score (nSPS) is 23.1. The van der Waals surface area contributed by atoms with Gasteiger partial charge in [-0.1, -0.05) is 18.6 Å². The number of rotatable bonds is 3. The van der Waals surface area contributed by atoms with Crippen LogP contribution in [-0.2, 0) is 0 Å². The van der Waals surface area contributed by atoms with E-state index in [0.717, 1.165) is 34.0 Å². The van der Waals surface area contributed by atoms with E-state index in [4.69, 9.17) is 5.73 Å². The van der Waals surface area contributed by atoms with Crippen LogP contribution in [-0.4, -0.2) is 18.5 Å². The van der Waals surface area contributed by atoms with Crippen molar-refractivity contribution in [1.29, 1.82) is 0 Å². The fourth-order valence-corrected chi connectivity index (χ4v) is 3.18. The molecule has 1 fully saturated rings. The van der Waals surface area contributed by atoms with Crippen molar-refractivity contribution >= 4 is 28.5 Å². The van der Waals surface area contributed by atoms with E-state index in [-0.39, 0.29) is 11.9 Å². The molecule has 2 rings (SSSR count). The van der Waals surface area contributed by atoms with Gasteiger partial charge in [-0.25, -0.2) is 0 Å². The van der Waals surface area contributed by atoms with Crippen LogP contribution in [0.5, 0.6) is 0 Å².